The van der Waals surface area contributed by atoms with Gasteiger partial charge in [0.2, 0.25) is 5.89 Å². The zero-order valence-electron chi connectivity index (χ0n) is 10.2. The first-order valence-corrected chi connectivity index (χ1v) is 6.58. The fourth-order valence-electron chi connectivity index (χ4n) is 1.81. The van der Waals surface area contributed by atoms with Crippen molar-refractivity contribution in [3.05, 3.63) is 46.3 Å². The standard InChI is InChI=1S/C13H13ClFN3O/c14-10-2-1-3-11(15)9(10)6-13-17-12(18-19-13)7-16-8-4-5-8/h1-3,8,16H,4-7H2. The zero-order chi connectivity index (χ0) is 13.2. The van der Waals surface area contributed by atoms with Crippen LogP contribution in [0.4, 0.5) is 4.39 Å². The van der Waals surface area contributed by atoms with E-state index >= 15 is 0 Å². The highest BCUT2D eigenvalue weighted by molar-refractivity contribution is 6.31. The molecule has 0 unspecified atom stereocenters. The van der Waals surface area contributed by atoms with Crippen molar-refractivity contribution in [3.8, 4) is 0 Å². The van der Waals surface area contributed by atoms with E-state index in [-0.39, 0.29) is 12.2 Å². The molecule has 6 heteroatoms. The molecule has 3 rings (SSSR count). The summed E-state index contributed by atoms with van der Waals surface area (Å²) in [5.41, 5.74) is 0.384. The van der Waals surface area contributed by atoms with E-state index in [0.717, 1.165) is 0 Å². The van der Waals surface area contributed by atoms with Gasteiger partial charge in [0, 0.05) is 16.6 Å². The molecule has 0 bridgehead atoms. The van der Waals surface area contributed by atoms with Crippen LogP contribution in [-0.4, -0.2) is 16.2 Å². The number of hydrogen-bond acceptors (Lipinski definition) is 4. The van der Waals surface area contributed by atoms with E-state index in [2.05, 4.69) is 15.5 Å². The molecule has 2 aromatic rings. The van der Waals surface area contributed by atoms with Gasteiger partial charge in [0.25, 0.3) is 0 Å². The number of rotatable bonds is 5. The molecule has 1 heterocycles. The highest BCUT2D eigenvalue weighted by atomic mass is 35.5. The Kier molecular flexibility index (Phi) is 3.48. The van der Waals surface area contributed by atoms with Crippen LogP contribution in [0.2, 0.25) is 5.02 Å². The Hall–Kier alpha value is -1.46. The fraction of sp³-hybridized carbons (Fsp3) is 0.385. The number of benzene rings is 1. The van der Waals surface area contributed by atoms with Crippen molar-refractivity contribution in [3.63, 3.8) is 0 Å². The number of halogens is 2. The van der Waals surface area contributed by atoms with Crippen molar-refractivity contribution < 1.29 is 8.91 Å². The summed E-state index contributed by atoms with van der Waals surface area (Å²) >= 11 is 5.96. The largest absolute Gasteiger partial charge is 0.339 e. The Morgan fingerprint density at radius 1 is 1.42 bits per heavy atom. The summed E-state index contributed by atoms with van der Waals surface area (Å²) in [5, 5.41) is 7.52. The number of nitrogens with one attached hydrogen (secondary N) is 1. The summed E-state index contributed by atoms with van der Waals surface area (Å²) < 4.78 is 18.7. The smallest absolute Gasteiger partial charge is 0.231 e. The summed E-state index contributed by atoms with van der Waals surface area (Å²) in [6, 6.07) is 5.17. The normalized spacial score (nSPS) is 14.8. The first-order valence-electron chi connectivity index (χ1n) is 6.20. The van der Waals surface area contributed by atoms with E-state index in [0.29, 0.717) is 34.9 Å². The maximum Gasteiger partial charge on any atom is 0.231 e. The van der Waals surface area contributed by atoms with Crippen molar-refractivity contribution in [1.29, 1.82) is 0 Å². The van der Waals surface area contributed by atoms with Crippen molar-refractivity contribution in [2.75, 3.05) is 0 Å². The quantitative estimate of drug-likeness (QED) is 0.915. The zero-order valence-corrected chi connectivity index (χ0v) is 11.0. The number of hydrogen-bond donors (Lipinski definition) is 1. The van der Waals surface area contributed by atoms with Crippen LogP contribution in [-0.2, 0) is 13.0 Å². The van der Waals surface area contributed by atoms with Crippen molar-refractivity contribution >= 4 is 11.6 Å². The third-order valence-corrected chi connectivity index (χ3v) is 3.38. The lowest BCUT2D eigenvalue weighted by Crippen LogP contribution is -2.16. The van der Waals surface area contributed by atoms with Crippen molar-refractivity contribution in [2.45, 2.75) is 31.8 Å². The molecule has 1 aromatic heterocycles. The van der Waals surface area contributed by atoms with Gasteiger partial charge in [-0.2, -0.15) is 4.98 Å². The monoisotopic (exact) mass is 281 g/mol. The lowest BCUT2D eigenvalue weighted by molar-refractivity contribution is 0.376. The topological polar surface area (TPSA) is 51.0 Å². The molecule has 1 saturated carbocycles. The fourth-order valence-corrected chi connectivity index (χ4v) is 2.04. The maximum absolute atomic E-state index is 13.6. The van der Waals surface area contributed by atoms with Gasteiger partial charge in [0.05, 0.1) is 13.0 Å². The van der Waals surface area contributed by atoms with Crippen LogP contribution in [0.3, 0.4) is 0 Å². The second-order valence-corrected chi connectivity index (χ2v) is 5.04. The first-order chi connectivity index (χ1) is 9.22. The molecular weight excluding hydrogens is 269 g/mol. The van der Waals surface area contributed by atoms with Gasteiger partial charge in [-0.25, -0.2) is 4.39 Å². The van der Waals surface area contributed by atoms with Crippen LogP contribution in [0.25, 0.3) is 0 Å². The molecule has 19 heavy (non-hydrogen) atoms. The first kappa shape index (κ1) is 12.6. The second kappa shape index (κ2) is 5.27. The third-order valence-electron chi connectivity index (χ3n) is 3.03. The average Bonchev–Trinajstić information content (AvgIpc) is 3.11. The van der Waals surface area contributed by atoms with E-state index < -0.39 is 0 Å². The summed E-state index contributed by atoms with van der Waals surface area (Å²) in [7, 11) is 0. The Balaban J connectivity index is 1.68. The van der Waals surface area contributed by atoms with Gasteiger partial charge in [-0.15, -0.1) is 0 Å². The SMILES string of the molecule is Fc1cccc(Cl)c1Cc1nc(CNC2CC2)no1. The van der Waals surface area contributed by atoms with Gasteiger partial charge >= 0.3 is 0 Å². The molecule has 0 amide bonds. The molecule has 0 saturated heterocycles. The molecule has 0 spiro atoms. The van der Waals surface area contributed by atoms with Gasteiger partial charge in [0.15, 0.2) is 5.82 Å². The van der Waals surface area contributed by atoms with Gasteiger partial charge in [-0.3, -0.25) is 0 Å². The summed E-state index contributed by atoms with van der Waals surface area (Å²) in [5.74, 6) is 0.609. The highest BCUT2D eigenvalue weighted by Crippen LogP contribution is 2.22. The molecular formula is C13H13ClFN3O. The molecule has 1 aliphatic carbocycles. The lowest BCUT2D eigenvalue weighted by atomic mass is 10.1. The number of nitrogens with zero attached hydrogens (tertiary/aromatic N) is 2. The van der Waals surface area contributed by atoms with Gasteiger partial charge in [-0.1, -0.05) is 22.8 Å². The highest BCUT2D eigenvalue weighted by Gasteiger charge is 2.21. The molecule has 1 N–H and O–H groups in total. The molecule has 0 radical (unpaired) electrons. The van der Waals surface area contributed by atoms with E-state index in [1.807, 2.05) is 0 Å². The van der Waals surface area contributed by atoms with E-state index in [1.165, 1.54) is 18.9 Å². The van der Waals surface area contributed by atoms with Gasteiger partial charge in [-0.05, 0) is 25.0 Å². The van der Waals surface area contributed by atoms with Crippen LogP contribution in [0.5, 0.6) is 0 Å². The lowest BCUT2D eigenvalue weighted by Gasteiger charge is -2.01. The van der Waals surface area contributed by atoms with Gasteiger partial charge < -0.3 is 9.84 Å². The van der Waals surface area contributed by atoms with Crippen LogP contribution in [0.15, 0.2) is 22.7 Å². The van der Waals surface area contributed by atoms with E-state index in [1.54, 1.807) is 12.1 Å². The predicted molar refractivity (Wildman–Crippen MR) is 68.4 cm³/mol. The molecule has 4 nitrogen and oxygen atoms in total. The van der Waals surface area contributed by atoms with Crippen molar-refractivity contribution in [2.24, 2.45) is 0 Å². The second-order valence-electron chi connectivity index (χ2n) is 4.64. The minimum Gasteiger partial charge on any atom is -0.339 e. The van der Waals surface area contributed by atoms with Crippen LogP contribution in [0.1, 0.15) is 30.1 Å². The van der Waals surface area contributed by atoms with E-state index in [4.69, 9.17) is 16.1 Å². The van der Waals surface area contributed by atoms with Crippen LogP contribution in [0, 0.1) is 5.82 Å². The molecule has 0 atom stereocenters. The van der Waals surface area contributed by atoms with Crippen LogP contribution < -0.4 is 5.32 Å². The molecule has 1 fully saturated rings. The average molecular weight is 282 g/mol. The Labute approximate surface area is 115 Å². The summed E-state index contributed by atoms with van der Waals surface area (Å²) in [4.78, 5) is 4.22. The molecule has 0 aliphatic heterocycles. The molecule has 100 valence electrons. The molecule has 1 aliphatic rings. The third kappa shape index (κ3) is 3.11. The van der Waals surface area contributed by atoms with E-state index in [9.17, 15) is 4.39 Å². The van der Waals surface area contributed by atoms with Crippen molar-refractivity contribution in [1.82, 2.24) is 15.5 Å². The maximum atomic E-state index is 13.6. The molecule has 1 aromatic carbocycles. The van der Waals surface area contributed by atoms with Gasteiger partial charge in [0.1, 0.15) is 5.82 Å². The predicted octanol–water partition coefficient (Wildman–Crippen LogP) is 2.70. The minimum atomic E-state index is -0.358. The Bertz CT molecular complexity index is 563. The van der Waals surface area contributed by atoms with Crippen LogP contribution >= 0.6 is 11.6 Å². The summed E-state index contributed by atoms with van der Waals surface area (Å²) in [6.45, 7) is 0.583. The Morgan fingerprint density at radius 2 is 2.26 bits per heavy atom. The number of aromatic nitrogens is 2. The Morgan fingerprint density at radius 3 is 3.00 bits per heavy atom. The minimum absolute atomic E-state index is 0.210. The summed E-state index contributed by atoms with van der Waals surface area (Å²) in [6.07, 6.45) is 2.62.